The molecule has 0 saturated carbocycles. The number of methoxy groups -OCH3 is 1. The van der Waals surface area contributed by atoms with Crippen LogP contribution in [0.25, 0.3) is 22.0 Å². The highest BCUT2D eigenvalue weighted by molar-refractivity contribution is 5.98. The number of fused-ring (bicyclic) bond motifs is 1. The predicted octanol–water partition coefficient (Wildman–Crippen LogP) is 3.12. The number of hydrogen-bond donors (Lipinski definition) is 4. The molecule has 1 aliphatic heterocycles. The molecular weight excluding hydrogens is 378 g/mol. The number of hydrogen-bond acceptors (Lipinski definition) is 6. The van der Waals surface area contributed by atoms with Gasteiger partial charge in [0.15, 0.2) is 5.96 Å². The molecule has 5 N–H and O–H groups in total. The van der Waals surface area contributed by atoms with E-state index >= 15 is 0 Å². The van der Waals surface area contributed by atoms with Gasteiger partial charge in [0, 0.05) is 49.0 Å². The molecule has 0 unspecified atom stereocenters. The number of benzene rings is 2. The second-order valence-electron chi connectivity index (χ2n) is 7.42. The molecule has 8 heteroatoms. The monoisotopic (exact) mass is 405 g/mol. The summed E-state index contributed by atoms with van der Waals surface area (Å²) in [6.45, 7) is 1.57. The number of ether oxygens (including phenoxy) is 1. The molecule has 0 amide bonds. The highest BCUT2D eigenvalue weighted by Crippen LogP contribution is 2.34. The zero-order valence-electron chi connectivity index (χ0n) is 17.3. The van der Waals surface area contributed by atoms with Gasteiger partial charge in [-0.15, -0.1) is 0 Å². The minimum atomic E-state index is 0.148. The Hall–Kier alpha value is -3.55. The fourth-order valence-electron chi connectivity index (χ4n) is 3.86. The Morgan fingerprint density at radius 2 is 2.00 bits per heavy atom. The van der Waals surface area contributed by atoms with Crippen LogP contribution in [0.15, 0.2) is 42.6 Å². The van der Waals surface area contributed by atoms with Crippen molar-refractivity contribution in [3.8, 4) is 17.0 Å². The maximum Gasteiger partial charge on any atom is 0.222 e. The van der Waals surface area contributed by atoms with Gasteiger partial charge in [0.05, 0.1) is 12.8 Å². The third-order valence-corrected chi connectivity index (χ3v) is 5.53. The predicted molar refractivity (Wildman–Crippen MR) is 121 cm³/mol. The van der Waals surface area contributed by atoms with Gasteiger partial charge in [-0.3, -0.25) is 5.41 Å². The van der Waals surface area contributed by atoms with Crippen molar-refractivity contribution < 1.29 is 4.74 Å². The largest absolute Gasteiger partial charge is 0.497 e. The lowest BCUT2D eigenvalue weighted by atomic mass is 10.00. The summed E-state index contributed by atoms with van der Waals surface area (Å²) in [5, 5.41) is 16.6. The van der Waals surface area contributed by atoms with Gasteiger partial charge in [-0.2, -0.15) is 0 Å². The molecule has 2 aromatic carbocycles. The molecule has 30 heavy (non-hydrogen) atoms. The maximum atomic E-state index is 7.64. The van der Waals surface area contributed by atoms with Crippen LogP contribution in [-0.4, -0.2) is 54.1 Å². The normalized spacial score (nSPS) is 14.5. The summed E-state index contributed by atoms with van der Waals surface area (Å²) in [6, 6.07) is 12.6. The van der Waals surface area contributed by atoms with Crippen LogP contribution in [0.4, 0.5) is 11.6 Å². The first kappa shape index (κ1) is 19.8. The molecule has 0 spiro atoms. The van der Waals surface area contributed by atoms with E-state index in [2.05, 4.69) is 44.9 Å². The summed E-state index contributed by atoms with van der Waals surface area (Å²) in [5.41, 5.74) is 8.57. The lowest BCUT2D eigenvalue weighted by molar-refractivity contribution is 0.319. The van der Waals surface area contributed by atoms with Gasteiger partial charge in [-0.05, 0) is 48.6 Å². The van der Waals surface area contributed by atoms with Gasteiger partial charge >= 0.3 is 0 Å². The first-order valence-corrected chi connectivity index (χ1v) is 10.1. The first-order valence-electron chi connectivity index (χ1n) is 10.1. The van der Waals surface area contributed by atoms with Crippen LogP contribution in [0.1, 0.15) is 12.8 Å². The highest BCUT2D eigenvalue weighted by Gasteiger charge is 2.21. The minimum Gasteiger partial charge on any atom is -0.497 e. The minimum absolute atomic E-state index is 0.148. The van der Waals surface area contributed by atoms with Crippen LogP contribution in [0.2, 0.25) is 0 Å². The summed E-state index contributed by atoms with van der Waals surface area (Å²) in [7, 11) is 3.49. The molecule has 1 aliphatic rings. The number of piperidine rings is 1. The second kappa shape index (κ2) is 8.44. The van der Waals surface area contributed by atoms with Gasteiger partial charge in [0.2, 0.25) is 5.95 Å². The molecule has 4 rings (SSSR count). The third kappa shape index (κ3) is 4.07. The SMILES string of the molecule is CNc1nccc(-c2cc(NC3CCN(C(=N)N)CC3)c3cc(OC)ccc3c2)n1. The summed E-state index contributed by atoms with van der Waals surface area (Å²) in [5.74, 6) is 1.56. The quantitative estimate of drug-likeness (QED) is 0.381. The fraction of sp³-hybridized carbons (Fsp3) is 0.318. The van der Waals surface area contributed by atoms with Crippen LogP contribution in [0, 0.1) is 5.41 Å². The van der Waals surface area contributed by atoms with E-state index in [0.717, 1.165) is 59.4 Å². The standard InChI is InChI=1S/C22H27N7O/c1-25-22-26-8-5-19(28-22)15-11-14-3-4-17(30-2)13-18(14)20(12-15)27-16-6-9-29(10-7-16)21(23)24/h3-5,8,11-13,16,27H,6-7,9-10H2,1-2H3,(H3,23,24)(H,25,26,28). The Labute approximate surface area is 176 Å². The van der Waals surface area contributed by atoms with Gasteiger partial charge in [0.1, 0.15) is 5.75 Å². The Kier molecular flexibility index (Phi) is 5.56. The van der Waals surface area contributed by atoms with Crippen molar-refractivity contribution >= 4 is 28.4 Å². The van der Waals surface area contributed by atoms with Crippen molar-refractivity contribution in [1.82, 2.24) is 14.9 Å². The van der Waals surface area contributed by atoms with Crippen molar-refractivity contribution in [3.63, 3.8) is 0 Å². The Bertz CT molecular complexity index is 1060. The average Bonchev–Trinajstić information content (AvgIpc) is 2.79. The van der Waals surface area contributed by atoms with E-state index in [0.29, 0.717) is 12.0 Å². The third-order valence-electron chi connectivity index (χ3n) is 5.53. The fourth-order valence-corrected chi connectivity index (χ4v) is 3.86. The lowest BCUT2D eigenvalue weighted by Crippen LogP contribution is -2.45. The van der Waals surface area contributed by atoms with E-state index in [9.17, 15) is 0 Å². The molecule has 1 fully saturated rings. The van der Waals surface area contributed by atoms with Gasteiger partial charge in [0.25, 0.3) is 0 Å². The Morgan fingerprint density at radius 1 is 1.20 bits per heavy atom. The van der Waals surface area contributed by atoms with Crippen LogP contribution < -0.4 is 21.1 Å². The first-order chi connectivity index (χ1) is 14.6. The van der Waals surface area contributed by atoms with E-state index in [1.165, 1.54) is 0 Å². The van der Waals surface area contributed by atoms with Gasteiger partial charge in [-0.1, -0.05) is 6.07 Å². The van der Waals surface area contributed by atoms with Crippen LogP contribution in [-0.2, 0) is 0 Å². The number of nitrogens with zero attached hydrogens (tertiary/aromatic N) is 3. The van der Waals surface area contributed by atoms with E-state index in [1.807, 2.05) is 24.1 Å². The Morgan fingerprint density at radius 3 is 2.70 bits per heavy atom. The van der Waals surface area contributed by atoms with Crippen molar-refractivity contribution in [2.75, 3.05) is 37.9 Å². The number of aromatic nitrogens is 2. The summed E-state index contributed by atoms with van der Waals surface area (Å²) in [6.07, 6.45) is 3.61. The molecule has 0 aliphatic carbocycles. The molecule has 2 heterocycles. The van der Waals surface area contributed by atoms with E-state index in [-0.39, 0.29) is 5.96 Å². The zero-order chi connectivity index (χ0) is 21.1. The molecule has 8 nitrogen and oxygen atoms in total. The van der Waals surface area contributed by atoms with Crippen LogP contribution in [0.5, 0.6) is 5.75 Å². The van der Waals surface area contributed by atoms with Crippen LogP contribution in [0.3, 0.4) is 0 Å². The number of nitrogens with two attached hydrogens (primary N) is 1. The number of anilines is 2. The molecular formula is C22H27N7O. The van der Waals surface area contributed by atoms with E-state index < -0.39 is 0 Å². The molecule has 3 aromatic rings. The highest BCUT2D eigenvalue weighted by atomic mass is 16.5. The molecule has 1 saturated heterocycles. The molecule has 0 atom stereocenters. The topological polar surface area (TPSA) is 112 Å². The van der Waals surface area contributed by atoms with E-state index in [4.69, 9.17) is 15.9 Å². The Balaban J connectivity index is 1.71. The van der Waals surface area contributed by atoms with Crippen molar-refractivity contribution in [2.45, 2.75) is 18.9 Å². The smallest absolute Gasteiger partial charge is 0.222 e. The molecule has 1 aromatic heterocycles. The van der Waals surface area contributed by atoms with Crippen molar-refractivity contribution in [1.29, 1.82) is 5.41 Å². The molecule has 0 radical (unpaired) electrons. The lowest BCUT2D eigenvalue weighted by Gasteiger charge is -2.33. The number of rotatable bonds is 5. The van der Waals surface area contributed by atoms with Crippen molar-refractivity contribution in [2.24, 2.45) is 5.73 Å². The number of likely N-dealkylation sites (tertiary alicyclic amines) is 1. The summed E-state index contributed by atoms with van der Waals surface area (Å²) in [4.78, 5) is 10.7. The summed E-state index contributed by atoms with van der Waals surface area (Å²) >= 11 is 0. The van der Waals surface area contributed by atoms with Crippen LogP contribution >= 0.6 is 0 Å². The van der Waals surface area contributed by atoms with Gasteiger partial charge < -0.3 is 26.0 Å². The average molecular weight is 406 g/mol. The maximum absolute atomic E-state index is 7.64. The van der Waals surface area contributed by atoms with Gasteiger partial charge in [-0.25, -0.2) is 9.97 Å². The van der Waals surface area contributed by atoms with Crippen molar-refractivity contribution in [3.05, 3.63) is 42.6 Å². The molecule has 156 valence electrons. The second-order valence-corrected chi connectivity index (χ2v) is 7.42. The summed E-state index contributed by atoms with van der Waals surface area (Å²) < 4.78 is 5.45. The number of nitrogens with one attached hydrogen (secondary N) is 3. The zero-order valence-corrected chi connectivity index (χ0v) is 17.3. The number of guanidine groups is 1. The van der Waals surface area contributed by atoms with E-state index in [1.54, 1.807) is 13.3 Å². The molecule has 0 bridgehead atoms.